The van der Waals surface area contributed by atoms with E-state index in [0.717, 1.165) is 24.6 Å². The molecule has 0 atom stereocenters. The Bertz CT molecular complexity index is 404. The van der Waals surface area contributed by atoms with E-state index in [0.29, 0.717) is 6.54 Å². The lowest BCUT2D eigenvalue weighted by molar-refractivity contribution is 0.474. The van der Waals surface area contributed by atoms with Gasteiger partial charge in [-0.3, -0.25) is 0 Å². The van der Waals surface area contributed by atoms with Crippen LogP contribution in [0.4, 0.5) is 0 Å². The molecule has 0 aliphatic carbocycles. The van der Waals surface area contributed by atoms with Gasteiger partial charge in [0.25, 0.3) is 0 Å². The average Bonchev–Trinajstić information content (AvgIpc) is 2.44. The topological polar surface area (TPSA) is 56.7 Å². The predicted octanol–water partition coefficient (Wildman–Crippen LogP) is 3.03. The third-order valence-electron chi connectivity index (χ3n) is 3.00. The Morgan fingerprint density at radius 2 is 2.00 bits per heavy atom. The zero-order chi connectivity index (χ0) is 14.6. The first-order chi connectivity index (χ1) is 9.76. The van der Waals surface area contributed by atoms with Crippen molar-refractivity contribution in [2.45, 2.75) is 46.1 Å². The van der Waals surface area contributed by atoms with Crippen LogP contribution in [-0.2, 0) is 6.54 Å². The van der Waals surface area contributed by atoms with Crippen molar-refractivity contribution in [2.24, 2.45) is 4.99 Å². The van der Waals surface area contributed by atoms with Crippen LogP contribution in [0.25, 0.3) is 0 Å². The highest BCUT2D eigenvalue weighted by atomic mass is 16.3. The van der Waals surface area contributed by atoms with Gasteiger partial charge in [0.2, 0.25) is 0 Å². The molecular formula is C16H27N3O. The first-order valence-corrected chi connectivity index (χ1v) is 7.56. The van der Waals surface area contributed by atoms with Gasteiger partial charge in [-0.05, 0) is 31.0 Å². The van der Waals surface area contributed by atoms with Crippen molar-refractivity contribution in [3.8, 4) is 5.75 Å². The zero-order valence-electron chi connectivity index (χ0n) is 12.7. The summed E-state index contributed by atoms with van der Waals surface area (Å²) in [6, 6.07) is 7.22. The van der Waals surface area contributed by atoms with E-state index in [2.05, 4.69) is 29.5 Å². The number of hydrogen-bond donors (Lipinski definition) is 3. The van der Waals surface area contributed by atoms with E-state index < -0.39 is 0 Å². The smallest absolute Gasteiger partial charge is 0.191 e. The monoisotopic (exact) mass is 277 g/mol. The maximum Gasteiger partial charge on any atom is 0.191 e. The van der Waals surface area contributed by atoms with E-state index in [4.69, 9.17) is 0 Å². The highest BCUT2D eigenvalue weighted by molar-refractivity contribution is 5.79. The summed E-state index contributed by atoms with van der Waals surface area (Å²) in [4.78, 5) is 4.53. The number of aromatic hydroxyl groups is 1. The molecule has 1 aromatic rings. The lowest BCUT2D eigenvalue weighted by Gasteiger charge is -2.11. The number of rotatable bonds is 8. The highest BCUT2D eigenvalue weighted by Crippen LogP contribution is 2.11. The van der Waals surface area contributed by atoms with Gasteiger partial charge < -0.3 is 15.7 Å². The van der Waals surface area contributed by atoms with Crippen molar-refractivity contribution in [3.63, 3.8) is 0 Å². The Labute approximate surface area is 122 Å². The molecule has 1 aromatic carbocycles. The molecule has 1 rings (SSSR count). The third-order valence-corrected chi connectivity index (χ3v) is 3.00. The summed E-state index contributed by atoms with van der Waals surface area (Å²) in [6.45, 7) is 6.64. The Hall–Kier alpha value is -1.71. The van der Waals surface area contributed by atoms with Gasteiger partial charge in [-0.15, -0.1) is 0 Å². The second-order valence-electron chi connectivity index (χ2n) is 4.85. The molecule has 0 saturated carbocycles. The molecule has 0 fully saturated rings. The number of unbranched alkanes of at least 4 members (excludes halogenated alkanes) is 3. The molecule has 0 aromatic heterocycles. The molecule has 4 nitrogen and oxygen atoms in total. The second kappa shape index (κ2) is 10.1. The summed E-state index contributed by atoms with van der Waals surface area (Å²) < 4.78 is 0. The van der Waals surface area contributed by atoms with E-state index in [1.54, 1.807) is 12.1 Å². The number of aliphatic imine (C=N–C) groups is 1. The number of benzene rings is 1. The van der Waals surface area contributed by atoms with Crippen LogP contribution >= 0.6 is 0 Å². The van der Waals surface area contributed by atoms with E-state index >= 15 is 0 Å². The molecule has 0 saturated heterocycles. The Kier molecular flexibility index (Phi) is 8.27. The molecule has 4 heteroatoms. The first-order valence-electron chi connectivity index (χ1n) is 7.56. The van der Waals surface area contributed by atoms with Crippen molar-refractivity contribution in [2.75, 3.05) is 13.1 Å². The van der Waals surface area contributed by atoms with E-state index in [9.17, 15) is 5.11 Å². The van der Waals surface area contributed by atoms with Crippen LogP contribution in [0, 0.1) is 0 Å². The Morgan fingerprint density at radius 1 is 1.15 bits per heavy atom. The molecule has 0 spiro atoms. The normalized spacial score (nSPS) is 11.4. The predicted molar refractivity (Wildman–Crippen MR) is 85.1 cm³/mol. The van der Waals surface area contributed by atoms with Crippen molar-refractivity contribution in [1.82, 2.24) is 10.6 Å². The fourth-order valence-electron chi connectivity index (χ4n) is 1.93. The van der Waals surface area contributed by atoms with Crippen LogP contribution in [0.1, 0.15) is 45.1 Å². The number of nitrogens with zero attached hydrogens (tertiary/aromatic N) is 1. The highest BCUT2D eigenvalue weighted by Gasteiger charge is 1.98. The minimum absolute atomic E-state index is 0.287. The van der Waals surface area contributed by atoms with Crippen LogP contribution in [0.2, 0.25) is 0 Å². The van der Waals surface area contributed by atoms with Crippen LogP contribution in [0.15, 0.2) is 29.3 Å². The second-order valence-corrected chi connectivity index (χ2v) is 4.85. The lowest BCUT2D eigenvalue weighted by atomic mass is 10.2. The summed E-state index contributed by atoms with van der Waals surface area (Å²) in [5.74, 6) is 1.13. The van der Waals surface area contributed by atoms with Crippen molar-refractivity contribution >= 4 is 5.96 Å². The maximum absolute atomic E-state index is 9.43. The van der Waals surface area contributed by atoms with Crippen LogP contribution in [0.5, 0.6) is 5.75 Å². The summed E-state index contributed by atoms with van der Waals surface area (Å²) in [5, 5.41) is 16.0. The fourth-order valence-corrected chi connectivity index (χ4v) is 1.93. The molecule has 20 heavy (non-hydrogen) atoms. The van der Waals surface area contributed by atoms with Gasteiger partial charge in [0.15, 0.2) is 5.96 Å². The minimum atomic E-state index is 0.287. The summed E-state index contributed by atoms with van der Waals surface area (Å²) >= 11 is 0. The molecule has 0 unspecified atom stereocenters. The molecule has 112 valence electrons. The van der Waals surface area contributed by atoms with Gasteiger partial charge >= 0.3 is 0 Å². The van der Waals surface area contributed by atoms with Gasteiger partial charge in [-0.1, -0.05) is 38.3 Å². The fraction of sp³-hybridized carbons (Fsp3) is 0.562. The van der Waals surface area contributed by atoms with Crippen LogP contribution in [-0.4, -0.2) is 24.2 Å². The van der Waals surface area contributed by atoms with Gasteiger partial charge in [-0.2, -0.15) is 0 Å². The number of nitrogens with one attached hydrogen (secondary N) is 2. The van der Waals surface area contributed by atoms with Gasteiger partial charge in [0.1, 0.15) is 5.75 Å². The van der Waals surface area contributed by atoms with Gasteiger partial charge in [-0.25, -0.2) is 4.99 Å². The summed E-state index contributed by atoms with van der Waals surface area (Å²) in [5.41, 5.74) is 1.01. The molecule has 0 heterocycles. The number of guanidine groups is 1. The molecular weight excluding hydrogens is 250 g/mol. The van der Waals surface area contributed by atoms with Crippen molar-refractivity contribution in [3.05, 3.63) is 29.8 Å². The quantitative estimate of drug-likeness (QED) is 0.389. The molecule has 3 N–H and O–H groups in total. The largest absolute Gasteiger partial charge is 0.508 e. The molecule has 0 aliphatic heterocycles. The summed E-state index contributed by atoms with van der Waals surface area (Å²) in [6.07, 6.45) is 4.98. The average molecular weight is 277 g/mol. The van der Waals surface area contributed by atoms with E-state index in [1.165, 1.54) is 25.7 Å². The number of hydrogen-bond acceptors (Lipinski definition) is 2. The maximum atomic E-state index is 9.43. The molecule has 0 amide bonds. The third kappa shape index (κ3) is 7.02. The molecule has 0 bridgehead atoms. The Morgan fingerprint density at radius 3 is 2.70 bits per heavy atom. The Balaban J connectivity index is 2.41. The van der Waals surface area contributed by atoms with Gasteiger partial charge in [0, 0.05) is 13.1 Å². The van der Waals surface area contributed by atoms with E-state index in [1.807, 2.05) is 12.1 Å². The minimum Gasteiger partial charge on any atom is -0.508 e. The van der Waals surface area contributed by atoms with Crippen LogP contribution < -0.4 is 10.6 Å². The first kappa shape index (κ1) is 16.3. The summed E-state index contributed by atoms with van der Waals surface area (Å²) in [7, 11) is 0. The molecule has 0 radical (unpaired) electrons. The van der Waals surface area contributed by atoms with Crippen molar-refractivity contribution < 1.29 is 5.11 Å². The van der Waals surface area contributed by atoms with E-state index in [-0.39, 0.29) is 5.75 Å². The number of phenolic OH excluding ortho intramolecular Hbond substituents is 1. The van der Waals surface area contributed by atoms with Crippen LogP contribution in [0.3, 0.4) is 0 Å². The van der Waals surface area contributed by atoms with Gasteiger partial charge in [0.05, 0.1) is 6.54 Å². The molecule has 0 aliphatic rings. The SMILES string of the molecule is CCCCCCNC(=NCc1cccc(O)c1)NCC. The standard InChI is InChI=1S/C16H27N3O/c1-3-5-6-7-11-18-16(17-4-2)19-13-14-9-8-10-15(20)12-14/h8-10,12,20H,3-7,11,13H2,1-2H3,(H2,17,18,19). The van der Waals surface area contributed by atoms with Crippen molar-refractivity contribution in [1.29, 1.82) is 0 Å². The number of phenols is 1. The lowest BCUT2D eigenvalue weighted by Crippen LogP contribution is -2.37. The zero-order valence-corrected chi connectivity index (χ0v) is 12.7.